The second kappa shape index (κ2) is 23.5. The first kappa shape index (κ1) is 37.9. The van der Waals surface area contributed by atoms with Crippen LogP contribution in [-0.2, 0) is 31.9 Å². The zero-order valence-electron chi connectivity index (χ0n) is 74.9. The van der Waals surface area contributed by atoms with E-state index in [0.717, 1.165) is 21.9 Å². The molecule has 0 saturated heterocycles. The fourth-order valence-corrected chi connectivity index (χ4v) is 16.4. The van der Waals surface area contributed by atoms with E-state index in [0.29, 0.717) is 61.5 Å². The molecule has 15 aromatic rings. The Bertz CT molecular complexity index is 6580. The normalized spacial score (nSPS) is 15.7. The average Bonchev–Trinajstić information content (AvgIpc) is 1.13. The van der Waals surface area contributed by atoms with E-state index >= 15 is 0 Å². The largest absolute Gasteiger partial charge is 0.510 e. The Hall–Kier alpha value is -10.2. The van der Waals surface area contributed by atoms with Crippen molar-refractivity contribution >= 4 is 61.7 Å². The minimum absolute atomic E-state index is 0. The van der Waals surface area contributed by atoms with Gasteiger partial charge in [-0.2, -0.15) is 18.2 Å². The monoisotopic (exact) mass is 1420 g/mol. The molecule has 4 heterocycles. The van der Waals surface area contributed by atoms with Gasteiger partial charge in [-0.25, -0.2) is 4.98 Å². The van der Waals surface area contributed by atoms with Crippen molar-refractivity contribution < 1.29 is 63.3 Å². The molecule has 16 rings (SSSR count). The van der Waals surface area contributed by atoms with Gasteiger partial charge in [0.25, 0.3) is 6.33 Å². The van der Waals surface area contributed by atoms with Crippen molar-refractivity contribution in [2.24, 2.45) is 0 Å². The summed E-state index contributed by atoms with van der Waals surface area (Å²) in [6, 6.07) is 25.7. The molecule has 0 aliphatic carbocycles. The maximum atomic E-state index is 11.1. The van der Waals surface area contributed by atoms with Crippen LogP contribution in [0.15, 0.2) is 291 Å². The molecule has 0 fully saturated rings. The molecule has 0 radical (unpaired) electrons. The van der Waals surface area contributed by atoms with Crippen LogP contribution in [0.3, 0.4) is 0 Å². The second-order valence-corrected chi connectivity index (χ2v) is 28.0. The van der Waals surface area contributed by atoms with E-state index in [-0.39, 0.29) is 65.9 Å². The third-order valence-corrected chi connectivity index (χ3v) is 21.0. The molecule has 1 aliphatic rings. The number of para-hydroxylation sites is 2. The zero-order valence-corrected chi connectivity index (χ0v) is 54.1. The summed E-state index contributed by atoms with van der Waals surface area (Å²) in [5.74, 6) is 1.09. The Morgan fingerprint density at radius 2 is 1.06 bits per heavy atom. The molecular formula is C86H66N4OPtSi-2. The minimum Gasteiger partial charge on any atom is -0.510 e. The number of nitrogens with zero attached hydrogens (tertiary/aromatic N) is 4. The van der Waals surface area contributed by atoms with Crippen molar-refractivity contribution in [1.29, 1.82) is 0 Å². The SMILES string of the molecule is [2H]c1c([2H])c([2H])c(-c2cccc3c2-c2cccc(C(C)(C)C)c2-[n+]2[c-]n(-c4[c-]c(Oc5[c-]c6c(cc5)c5ccccc5n6-c5cc(C(C)(C)C)ccn5)ccc4)c4cc(-c5c([2H])c([2H])c([2H])c([Si](c6c([2H])c([2H])c([2H])c([2H])c6[2H])(c6c([2H])c([2H])c([2H])c([2H])c6[2H])c6c([2H])c([2H])c([2H])c([2H])c6[2H])c5[2H])cc(c42)-c2ccccc2-3)c([2H])c1[2H].[Pt]. The molecule has 0 atom stereocenters. The molecule has 452 valence electrons. The summed E-state index contributed by atoms with van der Waals surface area (Å²) in [4.78, 5) is 4.87. The Balaban J connectivity index is 0.0000107. The molecule has 0 amide bonds. The van der Waals surface area contributed by atoms with E-state index in [1.165, 1.54) is 0 Å². The van der Waals surface area contributed by atoms with E-state index < -0.39 is 185 Å². The number of hydrogen-bond acceptors (Lipinski definition) is 2. The van der Waals surface area contributed by atoms with Crippen LogP contribution < -0.4 is 30.1 Å². The predicted molar refractivity (Wildman–Crippen MR) is 382 cm³/mol. The van der Waals surface area contributed by atoms with Crippen LogP contribution in [0.2, 0.25) is 0 Å². The van der Waals surface area contributed by atoms with Gasteiger partial charge < -0.3 is 13.9 Å². The van der Waals surface area contributed by atoms with Gasteiger partial charge in [-0.1, -0.05) is 277 Å². The average molecular weight is 1420 g/mol. The fourth-order valence-electron chi connectivity index (χ4n) is 12.8. The molecule has 0 saturated carbocycles. The van der Waals surface area contributed by atoms with Gasteiger partial charge in [0.2, 0.25) is 0 Å². The Morgan fingerprint density at radius 1 is 0.473 bits per heavy atom. The van der Waals surface area contributed by atoms with Gasteiger partial charge in [-0.15, -0.1) is 29.7 Å². The van der Waals surface area contributed by atoms with Crippen LogP contribution in [-0.4, -0.2) is 22.2 Å². The molecule has 1 aliphatic heterocycles. The van der Waals surface area contributed by atoms with Crippen molar-refractivity contribution in [3.8, 4) is 84.3 Å². The summed E-state index contributed by atoms with van der Waals surface area (Å²) in [5, 5.41) is -2.17. The number of benzene rings is 12. The molecule has 93 heavy (non-hydrogen) atoms. The third kappa shape index (κ3) is 10.1. The van der Waals surface area contributed by atoms with E-state index in [2.05, 4.69) is 39.2 Å². The van der Waals surface area contributed by atoms with Crippen LogP contribution in [0.5, 0.6) is 11.5 Å². The first-order chi connectivity index (χ1) is 54.9. The minimum atomic E-state index is -6.36. The molecule has 0 bridgehead atoms. The van der Waals surface area contributed by atoms with E-state index in [1.807, 2.05) is 103 Å². The summed E-state index contributed by atoms with van der Waals surface area (Å²) in [6.07, 6.45) is 5.48. The maximum absolute atomic E-state index is 11.1. The zero-order chi connectivity index (χ0) is 83.2. The molecule has 3 aromatic heterocycles. The van der Waals surface area contributed by atoms with Gasteiger partial charge in [-0.3, -0.25) is 4.57 Å². The van der Waals surface area contributed by atoms with Crippen LogP contribution in [0, 0.1) is 18.5 Å². The van der Waals surface area contributed by atoms with Gasteiger partial charge in [0, 0.05) is 44.3 Å². The summed E-state index contributed by atoms with van der Waals surface area (Å²) >= 11 is 0. The van der Waals surface area contributed by atoms with Crippen molar-refractivity contribution in [1.82, 2.24) is 14.1 Å². The molecule has 0 N–H and O–H groups in total. The smallest absolute Gasteiger partial charge is 0.268 e. The van der Waals surface area contributed by atoms with Gasteiger partial charge in [-0.05, 0) is 134 Å². The van der Waals surface area contributed by atoms with Crippen LogP contribution in [0.25, 0.3) is 106 Å². The van der Waals surface area contributed by atoms with Crippen LogP contribution >= 0.6 is 0 Å². The first-order valence-corrected chi connectivity index (χ1v) is 31.8. The number of ether oxygens (including phenoxy) is 1. The number of rotatable bonds is 10. The van der Waals surface area contributed by atoms with Gasteiger partial charge in [0.1, 0.15) is 5.82 Å². The van der Waals surface area contributed by atoms with Crippen molar-refractivity contribution in [2.45, 2.75) is 52.4 Å². The second-order valence-electron chi connectivity index (χ2n) is 24.5. The summed E-state index contributed by atoms with van der Waals surface area (Å²) < 4.78 is 242. The predicted octanol–water partition coefficient (Wildman–Crippen LogP) is 18.2. The Morgan fingerprint density at radius 3 is 1.76 bits per heavy atom. The van der Waals surface area contributed by atoms with Gasteiger partial charge >= 0.3 is 0 Å². The molecule has 5 nitrogen and oxygen atoms in total. The summed E-state index contributed by atoms with van der Waals surface area (Å²) in [6.45, 7) is 12.4. The number of aromatic nitrogens is 4. The maximum Gasteiger partial charge on any atom is 0.268 e. The number of hydrogen-bond donors (Lipinski definition) is 0. The van der Waals surface area contributed by atoms with Gasteiger partial charge in [0.05, 0.1) is 49.6 Å². The van der Waals surface area contributed by atoms with Crippen molar-refractivity contribution in [2.75, 3.05) is 0 Å². The summed E-state index contributed by atoms with van der Waals surface area (Å²) in [5.41, 5.74) is 5.59. The Labute approximate surface area is 593 Å². The fraction of sp³-hybridized carbons (Fsp3) is 0.0930. The topological polar surface area (TPSA) is 35.9 Å². The standard InChI is InChI=1S/C86H66N4OSi.Pt/c1-85(2,3)61-49-50-87-81(54-61)90-78-46-22-21-41-72(78)73-48-47-64(56-79(73)90)91-63-31-24-30-62(55-63)88-57-89-83-75(44-26-45-77(83)86(4,5)6)82-69(58-27-11-7-12-28-58)42-25-43-74(82)70-39-19-20-40-71(70)76-52-60(53-80(88)84(76)89)59-29-23-38-68(51-59)92(65-32-13-8-14-33-65,66-34-15-9-16-35-66)67-36-17-10-18-37-67;/h7-54H,1-6H3;/q-2;/i7D,8D,9D,10D,11D,12D,13D,14D,15D,16D,17D,18D,23D,27D,28D,29D,32D,33D,34D,35D,36D,37D,38D,51D;. The van der Waals surface area contributed by atoms with E-state index in [1.54, 1.807) is 77.5 Å². The van der Waals surface area contributed by atoms with Crippen LogP contribution in [0.4, 0.5) is 0 Å². The molecule has 0 unspecified atom stereocenters. The molecule has 0 spiro atoms. The van der Waals surface area contributed by atoms with Crippen molar-refractivity contribution in [3.63, 3.8) is 0 Å². The quantitative estimate of drug-likeness (QED) is 0.0592. The Kier molecular flexibility index (Phi) is 9.57. The van der Waals surface area contributed by atoms with E-state index in [4.69, 9.17) is 17.9 Å². The van der Waals surface area contributed by atoms with Crippen LogP contribution in [0.1, 0.15) is 85.6 Å². The first-order valence-electron chi connectivity index (χ1n) is 41.8. The summed E-state index contributed by atoms with van der Waals surface area (Å²) in [7, 11) is -6.36. The number of fused-ring (bicyclic) bond motifs is 10. The molecule has 12 aromatic carbocycles. The third-order valence-electron chi connectivity index (χ3n) is 17.0. The number of imidazole rings is 1. The molecule has 7 heteroatoms. The number of pyridine rings is 1. The van der Waals surface area contributed by atoms with Gasteiger partial charge in [0.15, 0.2) is 8.07 Å². The van der Waals surface area contributed by atoms with E-state index in [9.17, 15) is 24.7 Å². The van der Waals surface area contributed by atoms with Crippen molar-refractivity contribution in [3.05, 3.63) is 320 Å². The molecular weight excluding hydrogens is 1330 g/mol.